The van der Waals surface area contributed by atoms with Crippen molar-refractivity contribution >= 4 is 27.3 Å². The number of nitrogens with one attached hydrogen (secondary N) is 2. The van der Waals surface area contributed by atoms with E-state index in [0.29, 0.717) is 12.0 Å². The molecular formula is C21H18N2O5S. The number of amides is 1. The number of sulfone groups is 1. The molecule has 1 aliphatic heterocycles. The maximum absolute atomic E-state index is 13.1. The van der Waals surface area contributed by atoms with Gasteiger partial charge < -0.3 is 10.6 Å². The molecule has 1 atom stereocenters. The van der Waals surface area contributed by atoms with Crippen molar-refractivity contribution in [1.82, 2.24) is 10.6 Å². The standard InChI is InChI=1S/C21H18N2O5S/c24-19-15-8-4-5-9-16(15)20(25)18(23-21(26)13-6-2-1-3-7-13)17(19)22-14-10-11-29(27,28)12-14/h1-9,14,22H,10-12H2,(H,23,26)/t14-/m1/s1. The summed E-state index contributed by atoms with van der Waals surface area (Å²) in [7, 11) is -3.19. The van der Waals surface area contributed by atoms with Crippen molar-refractivity contribution in [2.75, 3.05) is 11.5 Å². The van der Waals surface area contributed by atoms with E-state index < -0.39 is 33.4 Å². The SMILES string of the molecule is O=C(NC1=C(N[C@@H]2CCS(=O)(=O)C2)C(=O)c2ccccc2C1=O)c1ccccc1. The first-order valence-electron chi connectivity index (χ1n) is 9.12. The van der Waals surface area contributed by atoms with Crippen LogP contribution in [0.5, 0.6) is 0 Å². The van der Waals surface area contributed by atoms with Gasteiger partial charge in [0, 0.05) is 22.7 Å². The van der Waals surface area contributed by atoms with E-state index in [2.05, 4.69) is 10.6 Å². The lowest BCUT2D eigenvalue weighted by atomic mass is 9.89. The van der Waals surface area contributed by atoms with Crippen LogP contribution in [0.2, 0.25) is 0 Å². The van der Waals surface area contributed by atoms with Crippen LogP contribution in [0.15, 0.2) is 66.0 Å². The average Bonchev–Trinajstić information content (AvgIpc) is 3.07. The van der Waals surface area contributed by atoms with E-state index in [-0.39, 0.29) is 34.0 Å². The van der Waals surface area contributed by atoms with Gasteiger partial charge in [0.25, 0.3) is 5.91 Å². The number of hydrogen-bond donors (Lipinski definition) is 2. The van der Waals surface area contributed by atoms with Gasteiger partial charge in [-0.25, -0.2) is 8.42 Å². The summed E-state index contributed by atoms with van der Waals surface area (Å²) in [6.07, 6.45) is 0.328. The minimum atomic E-state index is -3.19. The Kier molecular flexibility index (Phi) is 4.79. The van der Waals surface area contributed by atoms with E-state index in [1.54, 1.807) is 48.5 Å². The molecule has 2 aliphatic rings. The molecule has 29 heavy (non-hydrogen) atoms. The number of carbonyl (C=O) groups excluding carboxylic acids is 3. The lowest BCUT2D eigenvalue weighted by molar-refractivity contribution is 0.0916. The molecule has 0 aromatic heterocycles. The summed E-state index contributed by atoms with van der Waals surface area (Å²) < 4.78 is 23.6. The molecule has 0 bridgehead atoms. The number of allylic oxidation sites excluding steroid dienone is 2. The van der Waals surface area contributed by atoms with Crippen LogP contribution in [0.4, 0.5) is 0 Å². The molecule has 0 radical (unpaired) electrons. The van der Waals surface area contributed by atoms with E-state index in [9.17, 15) is 22.8 Å². The summed E-state index contributed by atoms with van der Waals surface area (Å²) in [4.78, 5) is 38.8. The highest BCUT2D eigenvalue weighted by Crippen LogP contribution is 2.25. The van der Waals surface area contributed by atoms with Crippen molar-refractivity contribution in [3.05, 3.63) is 82.7 Å². The van der Waals surface area contributed by atoms with Gasteiger partial charge in [0.1, 0.15) is 11.4 Å². The number of fused-ring (bicyclic) bond motifs is 1. The fourth-order valence-electron chi connectivity index (χ4n) is 3.52. The Bertz CT molecular complexity index is 1150. The molecule has 1 fully saturated rings. The van der Waals surface area contributed by atoms with Crippen molar-refractivity contribution in [2.24, 2.45) is 0 Å². The van der Waals surface area contributed by atoms with Crippen molar-refractivity contribution in [3.8, 4) is 0 Å². The molecule has 2 aromatic rings. The molecule has 0 spiro atoms. The topological polar surface area (TPSA) is 109 Å². The lowest BCUT2D eigenvalue weighted by Crippen LogP contribution is -2.42. The molecule has 2 N–H and O–H groups in total. The molecule has 148 valence electrons. The van der Waals surface area contributed by atoms with Gasteiger partial charge in [0.2, 0.25) is 11.6 Å². The van der Waals surface area contributed by atoms with Crippen LogP contribution in [0, 0.1) is 0 Å². The summed E-state index contributed by atoms with van der Waals surface area (Å²) in [6, 6.07) is 14.2. The van der Waals surface area contributed by atoms with Gasteiger partial charge in [-0.1, -0.05) is 42.5 Å². The van der Waals surface area contributed by atoms with E-state index in [1.807, 2.05) is 0 Å². The smallest absolute Gasteiger partial charge is 0.255 e. The van der Waals surface area contributed by atoms with E-state index in [0.717, 1.165) is 0 Å². The number of Topliss-reactive ketones (excluding diaryl/α,β-unsaturated/α-hetero) is 2. The van der Waals surface area contributed by atoms with E-state index >= 15 is 0 Å². The second-order valence-corrected chi connectivity index (χ2v) is 9.25. The lowest BCUT2D eigenvalue weighted by Gasteiger charge is -2.24. The largest absolute Gasteiger partial charge is 0.376 e. The zero-order valence-electron chi connectivity index (χ0n) is 15.3. The van der Waals surface area contributed by atoms with Crippen LogP contribution in [-0.4, -0.2) is 43.4 Å². The number of hydrogen-bond acceptors (Lipinski definition) is 6. The van der Waals surface area contributed by atoms with Crippen LogP contribution in [0.25, 0.3) is 0 Å². The van der Waals surface area contributed by atoms with Crippen LogP contribution < -0.4 is 10.6 Å². The third-order valence-electron chi connectivity index (χ3n) is 4.98. The third kappa shape index (κ3) is 3.71. The van der Waals surface area contributed by atoms with E-state index in [1.165, 1.54) is 6.07 Å². The number of carbonyl (C=O) groups is 3. The minimum absolute atomic E-state index is 0.0162. The van der Waals surface area contributed by atoms with Crippen LogP contribution in [-0.2, 0) is 9.84 Å². The minimum Gasteiger partial charge on any atom is -0.376 e. The van der Waals surface area contributed by atoms with Crippen molar-refractivity contribution in [3.63, 3.8) is 0 Å². The Morgan fingerprint density at radius 2 is 1.45 bits per heavy atom. The highest BCUT2D eigenvalue weighted by molar-refractivity contribution is 7.91. The predicted molar refractivity (Wildman–Crippen MR) is 106 cm³/mol. The Labute approximate surface area is 167 Å². The summed E-state index contributed by atoms with van der Waals surface area (Å²) in [5.41, 5.74) is 0.526. The van der Waals surface area contributed by atoms with Gasteiger partial charge in [0.05, 0.1) is 11.5 Å². The molecule has 1 amide bonds. The van der Waals surface area contributed by atoms with Gasteiger partial charge in [-0.2, -0.15) is 0 Å². The number of rotatable bonds is 4. The van der Waals surface area contributed by atoms with Crippen LogP contribution >= 0.6 is 0 Å². The monoisotopic (exact) mass is 410 g/mol. The van der Waals surface area contributed by atoms with Gasteiger partial charge in [-0.05, 0) is 18.6 Å². The summed E-state index contributed by atoms with van der Waals surface area (Å²) in [5.74, 6) is -1.58. The Hall–Kier alpha value is -3.26. The van der Waals surface area contributed by atoms with Crippen LogP contribution in [0.3, 0.4) is 0 Å². The fourth-order valence-corrected chi connectivity index (χ4v) is 5.19. The summed E-state index contributed by atoms with van der Waals surface area (Å²) in [5, 5.41) is 5.48. The highest BCUT2D eigenvalue weighted by atomic mass is 32.2. The zero-order valence-corrected chi connectivity index (χ0v) is 16.2. The fraction of sp³-hybridized carbons (Fsp3) is 0.190. The molecule has 1 saturated heterocycles. The molecule has 1 aliphatic carbocycles. The molecule has 2 aromatic carbocycles. The second-order valence-electron chi connectivity index (χ2n) is 7.02. The van der Waals surface area contributed by atoms with Gasteiger partial charge >= 0.3 is 0 Å². The molecule has 0 unspecified atom stereocenters. The third-order valence-corrected chi connectivity index (χ3v) is 6.74. The Morgan fingerprint density at radius 3 is 2.03 bits per heavy atom. The van der Waals surface area contributed by atoms with E-state index in [4.69, 9.17) is 0 Å². The number of benzene rings is 2. The molecule has 4 rings (SSSR count). The first-order chi connectivity index (χ1) is 13.9. The Morgan fingerprint density at radius 1 is 0.862 bits per heavy atom. The maximum atomic E-state index is 13.1. The molecule has 8 heteroatoms. The number of ketones is 2. The molecule has 7 nitrogen and oxygen atoms in total. The first kappa shape index (κ1) is 19.1. The molecular weight excluding hydrogens is 392 g/mol. The maximum Gasteiger partial charge on any atom is 0.255 e. The Balaban J connectivity index is 1.73. The van der Waals surface area contributed by atoms with Gasteiger partial charge in [-0.15, -0.1) is 0 Å². The van der Waals surface area contributed by atoms with Gasteiger partial charge in [-0.3, -0.25) is 14.4 Å². The molecule has 0 saturated carbocycles. The average molecular weight is 410 g/mol. The highest BCUT2D eigenvalue weighted by Gasteiger charge is 2.36. The van der Waals surface area contributed by atoms with Crippen LogP contribution in [0.1, 0.15) is 37.5 Å². The predicted octanol–water partition coefficient (Wildman–Crippen LogP) is 1.48. The molecule has 1 heterocycles. The quantitative estimate of drug-likeness (QED) is 0.790. The van der Waals surface area contributed by atoms with Crippen molar-refractivity contribution in [1.29, 1.82) is 0 Å². The summed E-state index contributed by atoms with van der Waals surface area (Å²) in [6.45, 7) is 0. The van der Waals surface area contributed by atoms with Gasteiger partial charge in [0.15, 0.2) is 9.84 Å². The zero-order chi connectivity index (χ0) is 20.6. The van der Waals surface area contributed by atoms with Crippen molar-refractivity contribution in [2.45, 2.75) is 12.5 Å². The normalized spacial score (nSPS) is 20.3. The van der Waals surface area contributed by atoms with Crippen molar-refractivity contribution < 1.29 is 22.8 Å². The second kappa shape index (κ2) is 7.29. The first-order valence-corrected chi connectivity index (χ1v) is 10.9. The summed E-state index contributed by atoms with van der Waals surface area (Å²) >= 11 is 0.